The molecule has 1 saturated heterocycles. The van der Waals surface area contributed by atoms with E-state index in [1.165, 1.54) is 0 Å². The first-order valence-electron chi connectivity index (χ1n) is 6.63. The van der Waals surface area contributed by atoms with Crippen molar-refractivity contribution >= 4 is 28.9 Å². The topological polar surface area (TPSA) is 67.6 Å². The summed E-state index contributed by atoms with van der Waals surface area (Å²) in [5.74, 6) is 0.752. The Morgan fingerprint density at radius 2 is 2.10 bits per heavy atom. The molecule has 0 radical (unpaired) electrons. The van der Waals surface area contributed by atoms with Gasteiger partial charge in [0.2, 0.25) is 0 Å². The van der Waals surface area contributed by atoms with Crippen molar-refractivity contribution in [1.29, 1.82) is 0 Å². The van der Waals surface area contributed by atoms with Crippen LogP contribution in [0.5, 0.6) is 5.75 Å². The number of urea groups is 1. The van der Waals surface area contributed by atoms with Crippen LogP contribution >= 0.6 is 12.2 Å². The lowest BCUT2D eigenvalue weighted by Crippen LogP contribution is -2.51. The molecule has 1 atom stereocenters. The van der Waals surface area contributed by atoms with Crippen LogP contribution in [0.4, 0.5) is 10.5 Å². The van der Waals surface area contributed by atoms with E-state index in [0.717, 1.165) is 30.7 Å². The van der Waals surface area contributed by atoms with Gasteiger partial charge < -0.3 is 20.7 Å². The molecular weight excluding hydrogens is 274 g/mol. The van der Waals surface area contributed by atoms with E-state index in [4.69, 9.17) is 22.7 Å². The molecule has 1 aromatic carbocycles. The van der Waals surface area contributed by atoms with E-state index in [0.29, 0.717) is 11.5 Å². The minimum absolute atomic E-state index is 0.142. The van der Waals surface area contributed by atoms with Gasteiger partial charge >= 0.3 is 6.03 Å². The molecule has 0 saturated carbocycles. The maximum absolute atomic E-state index is 12.3. The average Bonchev–Trinajstić information content (AvgIpc) is 2.48. The molecule has 0 aliphatic carbocycles. The Hall–Kier alpha value is -1.82. The average molecular weight is 293 g/mol. The first-order chi connectivity index (χ1) is 9.61. The zero-order valence-electron chi connectivity index (χ0n) is 11.5. The number of rotatable bonds is 3. The summed E-state index contributed by atoms with van der Waals surface area (Å²) in [6.07, 6.45) is 2.87. The summed E-state index contributed by atoms with van der Waals surface area (Å²) in [5.41, 5.74) is 6.44. The highest BCUT2D eigenvalue weighted by Gasteiger charge is 2.28. The summed E-state index contributed by atoms with van der Waals surface area (Å²) in [6.45, 7) is 0.685. The number of nitrogens with one attached hydrogen (secondary N) is 1. The quantitative estimate of drug-likeness (QED) is 0.840. The van der Waals surface area contributed by atoms with Crippen LogP contribution in [0.25, 0.3) is 0 Å². The van der Waals surface area contributed by atoms with Crippen LogP contribution in [0.2, 0.25) is 0 Å². The fraction of sp³-hybridized carbons (Fsp3) is 0.429. The predicted octanol–water partition coefficient (Wildman–Crippen LogP) is 2.37. The molecule has 0 aromatic heterocycles. The van der Waals surface area contributed by atoms with Gasteiger partial charge in [-0.05, 0) is 43.5 Å². The van der Waals surface area contributed by atoms with Gasteiger partial charge in [-0.25, -0.2) is 4.79 Å². The van der Waals surface area contributed by atoms with E-state index in [-0.39, 0.29) is 12.1 Å². The number of hydrogen-bond donors (Lipinski definition) is 2. The van der Waals surface area contributed by atoms with E-state index in [9.17, 15) is 4.79 Å². The van der Waals surface area contributed by atoms with Gasteiger partial charge in [0.05, 0.1) is 18.1 Å². The molecule has 0 bridgehead atoms. The van der Waals surface area contributed by atoms with Gasteiger partial charge in [0.25, 0.3) is 0 Å². The van der Waals surface area contributed by atoms with Crippen LogP contribution in [-0.2, 0) is 0 Å². The SMILES string of the molecule is COc1ccc(NC(=O)N2CCCCC2C(N)=S)cc1. The second-order valence-corrected chi connectivity index (χ2v) is 5.24. The summed E-state index contributed by atoms with van der Waals surface area (Å²) in [7, 11) is 1.61. The van der Waals surface area contributed by atoms with E-state index >= 15 is 0 Å². The number of likely N-dealkylation sites (tertiary alicyclic amines) is 1. The number of carbonyl (C=O) groups is 1. The number of piperidine rings is 1. The Balaban J connectivity index is 2.03. The number of hydrogen-bond acceptors (Lipinski definition) is 3. The molecule has 0 spiro atoms. The summed E-state index contributed by atoms with van der Waals surface area (Å²) in [5, 5.41) is 2.86. The zero-order chi connectivity index (χ0) is 14.5. The number of nitrogens with zero attached hydrogens (tertiary/aromatic N) is 1. The maximum atomic E-state index is 12.3. The van der Waals surface area contributed by atoms with Gasteiger partial charge in [0.15, 0.2) is 0 Å². The molecule has 1 fully saturated rings. The van der Waals surface area contributed by atoms with Gasteiger partial charge in [-0.3, -0.25) is 0 Å². The molecule has 1 aromatic rings. The molecule has 6 heteroatoms. The third-order valence-corrected chi connectivity index (χ3v) is 3.71. The Kier molecular flexibility index (Phi) is 4.79. The summed E-state index contributed by atoms with van der Waals surface area (Å²) >= 11 is 5.05. The Morgan fingerprint density at radius 3 is 2.70 bits per heavy atom. The zero-order valence-corrected chi connectivity index (χ0v) is 12.3. The molecule has 1 aliphatic rings. The first kappa shape index (κ1) is 14.6. The number of benzene rings is 1. The smallest absolute Gasteiger partial charge is 0.322 e. The van der Waals surface area contributed by atoms with Crippen molar-refractivity contribution in [2.75, 3.05) is 19.0 Å². The third kappa shape index (κ3) is 3.39. The second-order valence-electron chi connectivity index (χ2n) is 4.77. The molecule has 2 amide bonds. The summed E-state index contributed by atoms with van der Waals surface area (Å²) in [4.78, 5) is 14.4. The molecule has 5 nitrogen and oxygen atoms in total. The van der Waals surface area contributed by atoms with Crippen molar-refractivity contribution in [3.05, 3.63) is 24.3 Å². The molecule has 1 unspecified atom stereocenters. The summed E-state index contributed by atoms with van der Waals surface area (Å²) < 4.78 is 5.08. The van der Waals surface area contributed by atoms with Crippen molar-refractivity contribution in [3.63, 3.8) is 0 Å². The number of methoxy groups -OCH3 is 1. The number of anilines is 1. The number of carbonyl (C=O) groups excluding carboxylic acids is 1. The first-order valence-corrected chi connectivity index (χ1v) is 7.03. The number of nitrogens with two attached hydrogens (primary N) is 1. The lowest BCUT2D eigenvalue weighted by Gasteiger charge is -2.34. The van der Waals surface area contributed by atoms with Gasteiger partial charge in [0, 0.05) is 12.2 Å². The monoisotopic (exact) mass is 293 g/mol. The largest absolute Gasteiger partial charge is 0.497 e. The second kappa shape index (κ2) is 6.56. The molecule has 3 N–H and O–H groups in total. The fourth-order valence-corrected chi connectivity index (χ4v) is 2.59. The van der Waals surface area contributed by atoms with Gasteiger partial charge in [-0.2, -0.15) is 0 Å². The van der Waals surface area contributed by atoms with E-state index < -0.39 is 0 Å². The number of ether oxygens (including phenoxy) is 1. The minimum Gasteiger partial charge on any atom is -0.497 e. The Bertz CT molecular complexity index is 490. The third-order valence-electron chi connectivity index (χ3n) is 3.43. The normalized spacial score (nSPS) is 18.4. The molecular formula is C14H19N3O2S. The van der Waals surface area contributed by atoms with Crippen LogP contribution in [0.3, 0.4) is 0 Å². The molecule has 20 heavy (non-hydrogen) atoms. The van der Waals surface area contributed by atoms with Crippen molar-refractivity contribution in [3.8, 4) is 5.75 Å². The maximum Gasteiger partial charge on any atom is 0.322 e. The van der Waals surface area contributed by atoms with E-state index in [1.54, 1.807) is 36.3 Å². The lowest BCUT2D eigenvalue weighted by molar-refractivity contribution is 0.186. The molecule has 1 aliphatic heterocycles. The van der Waals surface area contributed by atoms with E-state index in [2.05, 4.69) is 5.32 Å². The van der Waals surface area contributed by atoms with Crippen LogP contribution in [0.1, 0.15) is 19.3 Å². The Labute approximate surface area is 124 Å². The highest BCUT2D eigenvalue weighted by Crippen LogP contribution is 2.20. The van der Waals surface area contributed by atoms with Crippen molar-refractivity contribution < 1.29 is 9.53 Å². The van der Waals surface area contributed by atoms with Crippen LogP contribution in [0.15, 0.2) is 24.3 Å². The van der Waals surface area contributed by atoms with E-state index in [1.807, 2.05) is 0 Å². The fourth-order valence-electron chi connectivity index (χ4n) is 2.34. The predicted molar refractivity (Wildman–Crippen MR) is 83.1 cm³/mol. The lowest BCUT2D eigenvalue weighted by atomic mass is 10.0. The van der Waals surface area contributed by atoms with Crippen LogP contribution in [0, 0.1) is 0 Å². The van der Waals surface area contributed by atoms with Gasteiger partial charge in [0.1, 0.15) is 5.75 Å². The standard InChI is InChI=1S/C14H19N3O2S/c1-19-11-7-5-10(6-8-11)16-14(18)17-9-3-2-4-12(17)13(15)20/h5-8,12H,2-4,9H2,1H3,(H2,15,20)(H,16,18). The van der Waals surface area contributed by atoms with Crippen molar-refractivity contribution in [2.45, 2.75) is 25.3 Å². The van der Waals surface area contributed by atoms with Crippen LogP contribution in [-0.4, -0.2) is 35.6 Å². The highest BCUT2D eigenvalue weighted by molar-refractivity contribution is 7.80. The molecule has 1 heterocycles. The Morgan fingerprint density at radius 1 is 1.40 bits per heavy atom. The van der Waals surface area contributed by atoms with Gasteiger partial charge in [-0.15, -0.1) is 0 Å². The minimum atomic E-state index is -0.160. The molecule has 2 rings (SSSR count). The van der Waals surface area contributed by atoms with Crippen molar-refractivity contribution in [2.24, 2.45) is 5.73 Å². The highest BCUT2D eigenvalue weighted by atomic mass is 32.1. The van der Waals surface area contributed by atoms with Crippen LogP contribution < -0.4 is 15.8 Å². The number of thiocarbonyl (C=S) groups is 1. The summed E-state index contributed by atoms with van der Waals surface area (Å²) in [6, 6.07) is 6.91. The van der Waals surface area contributed by atoms with Gasteiger partial charge in [-0.1, -0.05) is 12.2 Å². The van der Waals surface area contributed by atoms with Crippen molar-refractivity contribution in [1.82, 2.24) is 4.90 Å². The molecule has 108 valence electrons. The number of amides is 2.